The molecule has 5 nitrogen and oxygen atoms in total. The summed E-state index contributed by atoms with van der Waals surface area (Å²) in [5, 5.41) is 0. The number of carbonyl (C=O) groups excluding carboxylic acids is 1. The second-order valence-electron chi connectivity index (χ2n) is 7.98. The van der Waals surface area contributed by atoms with Crippen LogP contribution in [0, 0.1) is 0 Å². The molecule has 0 saturated carbocycles. The maximum atomic E-state index is 11.5. The van der Waals surface area contributed by atoms with Crippen molar-refractivity contribution in [3.8, 4) is 16.9 Å². The molecule has 0 unspecified atom stereocenters. The summed E-state index contributed by atoms with van der Waals surface area (Å²) in [5.74, 6) is 0.964. The number of hydrogen-bond donors (Lipinski definition) is 0. The number of oxazole rings is 1. The minimum absolute atomic E-state index is 0.351. The van der Waals surface area contributed by atoms with Crippen LogP contribution in [0.3, 0.4) is 0 Å². The summed E-state index contributed by atoms with van der Waals surface area (Å²) >= 11 is 0. The van der Waals surface area contributed by atoms with Crippen LogP contribution in [0.5, 0.6) is 5.75 Å². The van der Waals surface area contributed by atoms with E-state index < -0.39 is 0 Å². The summed E-state index contributed by atoms with van der Waals surface area (Å²) in [4.78, 5) is 16.1. The van der Waals surface area contributed by atoms with Crippen LogP contribution in [0.25, 0.3) is 34.4 Å². The van der Waals surface area contributed by atoms with Gasteiger partial charge < -0.3 is 13.9 Å². The molecule has 0 atom stereocenters. The van der Waals surface area contributed by atoms with Gasteiger partial charge in [0.05, 0.1) is 12.7 Å². The van der Waals surface area contributed by atoms with Crippen LogP contribution in [-0.4, -0.2) is 18.1 Å². The van der Waals surface area contributed by atoms with Gasteiger partial charge in [-0.3, -0.25) is 0 Å². The van der Waals surface area contributed by atoms with Gasteiger partial charge in [-0.1, -0.05) is 60.7 Å². The van der Waals surface area contributed by atoms with E-state index in [0.29, 0.717) is 18.1 Å². The third kappa shape index (κ3) is 5.31. The van der Waals surface area contributed by atoms with Gasteiger partial charge in [0.2, 0.25) is 5.89 Å². The second kappa shape index (κ2) is 10.1. The van der Waals surface area contributed by atoms with Crippen molar-refractivity contribution in [2.24, 2.45) is 0 Å². The van der Waals surface area contributed by atoms with Gasteiger partial charge in [0.1, 0.15) is 17.9 Å². The zero-order valence-corrected chi connectivity index (χ0v) is 19.2. The summed E-state index contributed by atoms with van der Waals surface area (Å²) in [5.41, 5.74) is 6.33. The molecular weight excluding hydrogens is 438 g/mol. The second-order valence-corrected chi connectivity index (χ2v) is 7.98. The fourth-order valence-electron chi connectivity index (χ4n) is 3.69. The minimum atomic E-state index is -0.351. The Labute approximate surface area is 203 Å². The molecule has 0 N–H and O–H groups in total. The summed E-state index contributed by atoms with van der Waals surface area (Å²) in [6, 6.07) is 31.2. The smallest absolute Gasteiger partial charge is 0.337 e. The molecule has 0 aliphatic heterocycles. The Bertz CT molecular complexity index is 1470. The predicted molar refractivity (Wildman–Crippen MR) is 137 cm³/mol. The molecule has 0 spiro atoms. The number of ether oxygens (including phenoxy) is 2. The lowest BCUT2D eigenvalue weighted by molar-refractivity contribution is 0.0600. The Balaban J connectivity index is 1.21. The molecule has 1 aromatic heterocycles. The summed E-state index contributed by atoms with van der Waals surface area (Å²) < 4.78 is 16.4. The van der Waals surface area contributed by atoms with Crippen molar-refractivity contribution in [3.05, 3.63) is 120 Å². The predicted octanol–water partition coefficient (Wildman–Crippen LogP) is 7.03. The number of benzene rings is 4. The first-order valence-corrected chi connectivity index (χ1v) is 11.2. The SMILES string of the molecule is COC(=O)c1ccc(COc2ccc(C=Cc3nc4cc(-c5ccccc5)ccc4o3)cc2)cc1. The molecule has 0 saturated heterocycles. The molecule has 0 fully saturated rings. The Hall–Kier alpha value is -4.64. The van der Waals surface area contributed by atoms with Crippen molar-refractivity contribution < 1.29 is 18.7 Å². The highest BCUT2D eigenvalue weighted by atomic mass is 16.5. The maximum absolute atomic E-state index is 11.5. The van der Waals surface area contributed by atoms with E-state index in [0.717, 1.165) is 39.1 Å². The van der Waals surface area contributed by atoms with E-state index in [2.05, 4.69) is 17.1 Å². The molecule has 5 rings (SSSR count). The van der Waals surface area contributed by atoms with E-state index in [1.165, 1.54) is 7.11 Å². The Morgan fingerprint density at radius 3 is 2.37 bits per heavy atom. The van der Waals surface area contributed by atoms with E-state index in [9.17, 15) is 4.79 Å². The lowest BCUT2D eigenvalue weighted by Gasteiger charge is -2.07. The minimum Gasteiger partial charge on any atom is -0.489 e. The lowest BCUT2D eigenvalue weighted by atomic mass is 10.1. The van der Waals surface area contributed by atoms with Gasteiger partial charge >= 0.3 is 5.97 Å². The fourth-order valence-corrected chi connectivity index (χ4v) is 3.69. The molecular formula is C30H23NO4. The standard InChI is InChI=1S/C30H23NO4/c1-33-30(32)24-12-7-22(8-13-24)20-34-26-15-9-21(10-16-26)11-18-29-31-27-19-25(14-17-28(27)35-29)23-5-3-2-4-6-23/h2-19H,20H2,1H3. The first-order chi connectivity index (χ1) is 17.2. The first-order valence-electron chi connectivity index (χ1n) is 11.2. The topological polar surface area (TPSA) is 61.6 Å². The van der Waals surface area contributed by atoms with E-state index in [1.807, 2.05) is 84.9 Å². The summed E-state index contributed by atoms with van der Waals surface area (Å²) in [6.45, 7) is 0.407. The zero-order valence-electron chi connectivity index (χ0n) is 19.2. The van der Waals surface area contributed by atoms with Gasteiger partial charge in [-0.25, -0.2) is 9.78 Å². The Morgan fingerprint density at radius 1 is 0.857 bits per heavy atom. The number of carbonyl (C=O) groups is 1. The number of hydrogen-bond acceptors (Lipinski definition) is 5. The number of methoxy groups -OCH3 is 1. The third-order valence-electron chi connectivity index (χ3n) is 5.59. The Morgan fingerprint density at radius 2 is 1.63 bits per heavy atom. The lowest BCUT2D eigenvalue weighted by Crippen LogP contribution is -2.01. The highest BCUT2D eigenvalue weighted by molar-refractivity contribution is 5.89. The highest BCUT2D eigenvalue weighted by Gasteiger charge is 2.06. The Kier molecular flexibility index (Phi) is 6.39. The van der Waals surface area contributed by atoms with Crippen LogP contribution in [0.15, 0.2) is 101 Å². The van der Waals surface area contributed by atoms with E-state index >= 15 is 0 Å². The number of fused-ring (bicyclic) bond motifs is 1. The van der Waals surface area contributed by atoms with E-state index in [1.54, 1.807) is 12.1 Å². The highest BCUT2D eigenvalue weighted by Crippen LogP contribution is 2.25. The number of nitrogens with zero attached hydrogens (tertiary/aromatic N) is 1. The zero-order chi connectivity index (χ0) is 24.0. The van der Waals surface area contributed by atoms with Gasteiger partial charge in [0.15, 0.2) is 5.58 Å². The fraction of sp³-hybridized carbons (Fsp3) is 0.0667. The average Bonchev–Trinajstić information content (AvgIpc) is 3.34. The number of rotatable bonds is 7. The van der Waals surface area contributed by atoms with Crippen molar-refractivity contribution in [1.29, 1.82) is 0 Å². The van der Waals surface area contributed by atoms with Crippen molar-refractivity contribution in [2.75, 3.05) is 7.11 Å². The van der Waals surface area contributed by atoms with Crippen LogP contribution in [-0.2, 0) is 11.3 Å². The van der Waals surface area contributed by atoms with E-state index in [-0.39, 0.29) is 5.97 Å². The van der Waals surface area contributed by atoms with Gasteiger partial charge in [-0.15, -0.1) is 0 Å². The molecule has 35 heavy (non-hydrogen) atoms. The first kappa shape index (κ1) is 22.2. The van der Waals surface area contributed by atoms with Crippen LogP contribution in [0.1, 0.15) is 27.4 Å². The molecule has 0 radical (unpaired) electrons. The van der Waals surface area contributed by atoms with Crippen LogP contribution in [0.2, 0.25) is 0 Å². The molecule has 0 aliphatic carbocycles. The van der Waals surface area contributed by atoms with Crippen LogP contribution in [0.4, 0.5) is 0 Å². The third-order valence-corrected chi connectivity index (χ3v) is 5.59. The summed E-state index contributed by atoms with van der Waals surface area (Å²) in [6.07, 6.45) is 3.82. The van der Waals surface area contributed by atoms with Gasteiger partial charge in [-0.2, -0.15) is 0 Å². The quantitative estimate of drug-likeness (QED) is 0.244. The van der Waals surface area contributed by atoms with E-state index in [4.69, 9.17) is 13.9 Å². The monoisotopic (exact) mass is 461 g/mol. The number of aromatic nitrogens is 1. The van der Waals surface area contributed by atoms with Crippen LogP contribution < -0.4 is 4.74 Å². The van der Waals surface area contributed by atoms with Crippen molar-refractivity contribution in [1.82, 2.24) is 4.98 Å². The van der Waals surface area contributed by atoms with Crippen molar-refractivity contribution in [2.45, 2.75) is 6.61 Å². The van der Waals surface area contributed by atoms with Gasteiger partial charge in [0.25, 0.3) is 0 Å². The van der Waals surface area contributed by atoms with Crippen molar-refractivity contribution >= 4 is 29.2 Å². The van der Waals surface area contributed by atoms with Gasteiger partial charge in [-0.05, 0) is 64.7 Å². The largest absolute Gasteiger partial charge is 0.489 e. The molecule has 0 bridgehead atoms. The maximum Gasteiger partial charge on any atom is 0.337 e. The van der Waals surface area contributed by atoms with Crippen molar-refractivity contribution in [3.63, 3.8) is 0 Å². The molecule has 1 heterocycles. The molecule has 0 aliphatic rings. The van der Waals surface area contributed by atoms with Gasteiger partial charge in [0, 0.05) is 6.08 Å². The molecule has 4 aromatic carbocycles. The summed E-state index contributed by atoms with van der Waals surface area (Å²) in [7, 11) is 1.37. The van der Waals surface area contributed by atoms with Crippen LogP contribution >= 0.6 is 0 Å². The average molecular weight is 462 g/mol. The molecule has 5 heteroatoms. The number of esters is 1. The molecule has 0 amide bonds. The normalized spacial score (nSPS) is 11.1. The molecule has 172 valence electrons. The molecule has 5 aromatic rings.